The van der Waals surface area contributed by atoms with Crippen LogP contribution in [0.25, 0.3) is 10.9 Å². The molecule has 0 saturated heterocycles. The monoisotopic (exact) mass is 290 g/mol. The highest BCUT2D eigenvalue weighted by Crippen LogP contribution is 2.35. The molecule has 0 bridgehead atoms. The highest BCUT2D eigenvalue weighted by molar-refractivity contribution is 6.36. The van der Waals surface area contributed by atoms with E-state index in [1.54, 1.807) is 12.1 Å². The average Bonchev–Trinajstić information content (AvgIpc) is 2.43. The number of phenolic OH excluding ortho intramolecular Hbond substituents is 1. The number of fused-ring (bicyclic) bond motifs is 2. The Morgan fingerprint density at radius 1 is 1.45 bits per heavy atom. The second-order valence-electron chi connectivity index (χ2n) is 4.79. The van der Waals surface area contributed by atoms with Crippen molar-refractivity contribution in [2.45, 2.75) is 19.8 Å². The van der Waals surface area contributed by atoms with Crippen molar-refractivity contribution in [1.29, 1.82) is 0 Å². The third-order valence-electron chi connectivity index (χ3n) is 3.67. The van der Waals surface area contributed by atoms with Crippen LogP contribution in [0.4, 0.5) is 0 Å². The number of nitrogens with zero attached hydrogens (tertiary/aromatic N) is 2. The molecule has 2 aromatic rings. The van der Waals surface area contributed by atoms with Gasteiger partial charge in [-0.15, -0.1) is 0 Å². The Hall–Kier alpha value is -2.14. The first kappa shape index (κ1) is 12.9. The summed E-state index contributed by atoms with van der Waals surface area (Å²) in [5.74, 6) is -0.0108. The van der Waals surface area contributed by atoms with E-state index in [4.69, 9.17) is 11.6 Å². The number of hydrogen-bond donors (Lipinski definition) is 1. The van der Waals surface area contributed by atoms with Gasteiger partial charge in [0.1, 0.15) is 10.8 Å². The van der Waals surface area contributed by atoms with Gasteiger partial charge in [-0.05, 0) is 36.3 Å². The van der Waals surface area contributed by atoms with Crippen molar-refractivity contribution in [3.63, 3.8) is 0 Å². The van der Waals surface area contributed by atoms with Crippen molar-refractivity contribution in [1.82, 2.24) is 4.98 Å². The minimum Gasteiger partial charge on any atom is -0.506 e. The second kappa shape index (κ2) is 4.45. The molecular formula is C14H11ClN2O3. The average molecular weight is 291 g/mol. The summed E-state index contributed by atoms with van der Waals surface area (Å²) < 4.78 is 0. The SMILES string of the molecule is Cc1c2c(nc3c(Cl)c(O)ccc13)CC=C([N+](=O)[O-])C2. The summed E-state index contributed by atoms with van der Waals surface area (Å²) in [5, 5.41) is 21.6. The van der Waals surface area contributed by atoms with Crippen LogP contribution in [-0.4, -0.2) is 15.0 Å². The van der Waals surface area contributed by atoms with Crippen LogP contribution >= 0.6 is 11.6 Å². The molecule has 1 aliphatic carbocycles. The van der Waals surface area contributed by atoms with Crippen LogP contribution in [-0.2, 0) is 12.8 Å². The molecule has 1 aromatic heterocycles. The third kappa shape index (κ3) is 1.82. The van der Waals surface area contributed by atoms with Crippen molar-refractivity contribution < 1.29 is 10.0 Å². The van der Waals surface area contributed by atoms with Crippen LogP contribution in [0.2, 0.25) is 5.02 Å². The molecule has 102 valence electrons. The topological polar surface area (TPSA) is 76.3 Å². The Bertz CT molecular complexity index is 784. The van der Waals surface area contributed by atoms with Crippen molar-refractivity contribution in [3.05, 3.63) is 55.9 Å². The zero-order valence-electron chi connectivity index (χ0n) is 10.7. The van der Waals surface area contributed by atoms with Gasteiger partial charge < -0.3 is 5.11 Å². The fourth-order valence-electron chi connectivity index (χ4n) is 2.56. The van der Waals surface area contributed by atoms with Crippen LogP contribution in [0.5, 0.6) is 5.75 Å². The molecule has 1 aliphatic rings. The number of aryl methyl sites for hydroxylation is 1. The minimum absolute atomic E-state index is 0.0108. The van der Waals surface area contributed by atoms with Gasteiger partial charge in [-0.3, -0.25) is 15.1 Å². The molecule has 0 atom stereocenters. The Morgan fingerprint density at radius 3 is 2.90 bits per heavy atom. The van der Waals surface area contributed by atoms with Crippen molar-refractivity contribution in [2.24, 2.45) is 0 Å². The molecule has 1 N–H and O–H groups in total. The highest BCUT2D eigenvalue weighted by Gasteiger charge is 2.23. The summed E-state index contributed by atoms with van der Waals surface area (Å²) in [7, 11) is 0. The molecule has 0 saturated carbocycles. The van der Waals surface area contributed by atoms with Gasteiger partial charge >= 0.3 is 0 Å². The number of phenols is 1. The normalized spacial score (nSPS) is 14.0. The summed E-state index contributed by atoms with van der Waals surface area (Å²) in [5.41, 5.74) is 3.34. The molecule has 0 radical (unpaired) electrons. The molecule has 0 aliphatic heterocycles. The molecule has 0 amide bonds. The maximum Gasteiger partial charge on any atom is 0.247 e. The number of pyridine rings is 1. The predicted molar refractivity (Wildman–Crippen MR) is 75.6 cm³/mol. The predicted octanol–water partition coefficient (Wildman–Crippen LogP) is 3.16. The van der Waals surface area contributed by atoms with Crippen LogP contribution in [0, 0.1) is 17.0 Å². The molecule has 1 heterocycles. The Kier molecular flexibility index (Phi) is 2.87. The Morgan fingerprint density at radius 2 is 2.20 bits per heavy atom. The van der Waals surface area contributed by atoms with Gasteiger partial charge in [-0.2, -0.15) is 0 Å². The maximum absolute atomic E-state index is 10.9. The lowest BCUT2D eigenvalue weighted by molar-refractivity contribution is -0.427. The fraction of sp³-hybridized carbons (Fsp3) is 0.214. The van der Waals surface area contributed by atoms with Crippen molar-refractivity contribution in [2.75, 3.05) is 0 Å². The lowest BCUT2D eigenvalue weighted by Gasteiger charge is -2.17. The first-order chi connectivity index (χ1) is 9.49. The number of nitro groups is 1. The molecule has 0 spiro atoms. The summed E-state index contributed by atoms with van der Waals surface area (Å²) >= 11 is 6.08. The summed E-state index contributed by atoms with van der Waals surface area (Å²) in [6.45, 7) is 1.90. The lowest BCUT2D eigenvalue weighted by atomic mass is 9.93. The quantitative estimate of drug-likeness (QED) is 0.646. The number of aromatic nitrogens is 1. The molecule has 0 unspecified atom stereocenters. The zero-order valence-corrected chi connectivity index (χ0v) is 11.4. The van der Waals surface area contributed by atoms with Gasteiger partial charge in [0, 0.05) is 17.5 Å². The van der Waals surface area contributed by atoms with Gasteiger partial charge in [-0.25, -0.2) is 0 Å². The highest BCUT2D eigenvalue weighted by atomic mass is 35.5. The minimum atomic E-state index is -0.351. The molecule has 5 nitrogen and oxygen atoms in total. The number of benzene rings is 1. The van der Waals surface area contributed by atoms with Crippen molar-refractivity contribution >= 4 is 22.5 Å². The summed E-state index contributed by atoms with van der Waals surface area (Å²) in [6, 6.07) is 3.25. The van der Waals surface area contributed by atoms with E-state index < -0.39 is 0 Å². The number of halogens is 1. The number of hydrogen-bond acceptors (Lipinski definition) is 4. The largest absolute Gasteiger partial charge is 0.506 e. The lowest BCUT2D eigenvalue weighted by Crippen LogP contribution is -2.13. The zero-order chi connectivity index (χ0) is 14.4. The first-order valence-corrected chi connectivity index (χ1v) is 6.49. The van der Waals surface area contributed by atoms with E-state index in [9.17, 15) is 15.2 Å². The molecular weight excluding hydrogens is 280 g/mol. The van der Waals surface area contributed by atoms with Gasteiger partial charge in [0.25, 0.3) is 0 Å². The van der Waals surface area contributed by atoms with E-state index in [0.29, 0.717) is 11.9 Å². The third-order valence-corrected chi connectivity index (χ3v) is 4.04. The van der Waals surface area contributed by atoms with E-state index >= 15 is 0 Å². The molecule has 20 heavy (non-hydrogen) atoms. The molecule has 3 rings (SSSR count). The second-order valence-corrected chi connectivity index (χ2v) is 5.17. The van der Waals surface area contributed by atoms with Crippen LogP contribution in [0.3, 0.4) is 0 Å². The van der Waals surface area contributed by atoms with Crippen LogP contribution in [0.15, 0.2) is 23.9 Å². The van der Waals surface area contributed by atoms with Crippen LogP contribution in [0.1, 0.15) is 16.8 Å². The Balaban J connectivity index is 2.26. The van der Waals surface area contributed by atoms with Crippen molar-refractivity contribution in [3.8, 4) is 5.75 Å². The van der Waals surface area contributed by atoms with E-state index in [-0.39, 0.29) is 27.8 Å². The van der Waals surface area contributed by atoms with Gasteiger partial charge in [-0.1, -0.05) is 11.6 Å². The number of allylic oxidation sites excluding steroid dienone is 2. The van der Waals surface area contributed by atoms with E-state index in [0.717, 1.165) is 22.2 Å². The van der Waals surface area contributed by atoms with Gasteiger partial charge in [0.05, 0.1) is 16.9 Å². The molecule has 0 fully saturated rings. The van der Waals surface area contributed by atoms with E-state index in [2.05, 4.69) is 4.98 Å². The Labute approximate surface area is 119 Å². The number of rotatable bonds is 1. The fourth-order valence-corrected chi connectivity index (χ4v) is 2.76. The van der Waals surface area contributed by atoms with E-state index in [1.807, 2.05) is 6.92 Å². The summed E-state index contributed by atoms with van der Waals surface area (Å²) in [4.78, 5) is 15.0. The van der Waals surface area contributed by atoms with Gasteiger partial charge in [0.2, 0.25) is 5.70 Å². The number of aromatic hydroxyl groups is 1. The first-order valence-electron chi connectivity index (χ1n) is 6.12. The standard InChI is InChI=1S/C14H11ClN2O3/c1-7-9-3-5-12(18)13(15)14(9)16-11-4-2-8(17(19)20)6-10(7)11/h2-3,5,18H,4,6H2,1H3. The van der Waals surface area contributed by atoms with E-state index in [1.165, 1.54) is 6.07 Å². The van der Waals surface area contributed by atoms with Crippen LogP contribution < -0.4 is 0 Å². The maximum atomic E-state index is 10.9. The molecule has 1 aromatic carbocycles. The van der Waals surface area contributed by atoms with Gasteiger partial charge in [0.15, 0.2) is 0 Å². The smallest absolute Gasteiger partial charge is 0.247 e. The summed E-state index contributed by atoms with van der Waals surface area (Å²) in [6.07, 6.45) is 2.27. The molecule has 6 heteroatoms.